The van der Waals surface area contributed by atoms with Crippen LogP contribution in [0, 0.1) is 0 Å². The van der Waals surface area contributed by atoms with E-state index < -0.39 is 16.6 Å². The van der Waals surface area contributed by atoms with Crippen LogP contribution in [0.4, 0.5) is 0 Å². The van der Waals surface area contributed by atoms with Crippen molar-refractivity contribution in [1.82, 2.24) is 9.97 Å². The van der Waals surface area contributed by atoms with Crippen molar-refractivity contribution in [3.8, 4) is 44.8 Å². The number of pyridine rings is 2. The second-order valence-electron chi connectivity index (χ2n) is 18.6. The molecule has 0 amide bonds. The largest absolute Gasteiger partial charge is 0.469 e. The van der Waals surface area contributed by atoms with Gasteiger partial charge in [0.25, 0.3) is 0 Å². The number of ether oxygens (including phenoxy) is 2. The van der Waals surface area contributed by atoms with Gasteiger partial charge in [0, 0.05) is 23.5 Å². The maximum atomic E-state index is 6.32. The maximum Gasteiger partial charge on any atom is 0.218 e. The summed E-state index contributed by atoms with van der Waals surface area (Å²) in [5.74, 6) is 1.29. The van der Waals surface area contributed by atoms with E-state index in [1.54, 1.807) is 0 Å². The summed E-state index contributed by atoms with van der Waals surface area (Å²) in [4.78, 5) is 19.8. The summed E-state index contributed by atoms with van der Waals surface area (Å²) in [6, 6.07) is 44.6. The molecule has 290 valence electrons. The van der Waals surface area contributed by atoms with Crippen molar-refractivity contribution < 1.29 is 9.47 Å². The van der Waals surface area contributed by atoms with E-state index in [9.17, 15) is 0 Å². The number of benzene rings is 5. The topological polar surface area (TPSA) is 69.0 Å². The highest BCUT2D eigenvalue weighted by atomic mass is 16.5. The lowest BCUT2D eigenvalue weighted by Gasteiger charge is -2.31. The van der Waals surface area contributed by atoms with E-state index in [0.717, 1.165) is 33.6 Å². The second-order valence-corrected chi connectivity index (χ2v) is 18.6. The molecule has 2 aromatic heterocycles. The van der Waals surface area contributed by atoms with Crippen molar-refractivity contribution in [2.45, 2.75) is 83.1 Å². The molecule has 2 aliphatic carbocycles. The number of nitrogens with zero attached hydrogens (tertiary/aromatic N) is 4. The van der Waals surface area contributed by atoms with Crippen LogP contribution >= 0.6 is 0 Å². The van der Waals surface area contributed by atoms with Crippen LogP contribution in [0.2, 0.25) is 0 Å². The summed E-state index contributed by atoms with van der Waals surface area (Å²) in [5.41, 5.74) is 14.0. The normalized spacial score (nSPS) is 19.0. The number of hydrogen-bond donors (Lipinski definition) is 0. The Hall–Kier alpha value is -6.40. The van der Waals surface area contributed by atoms with E-state index in [1.165, 1.54) is 55.3 Å². The van der Waals surface area contributed by atoms with Crippen LogP contribution in [-0.4, -0.2) is 44.0 Å². The lowest BCUT2D eigenvalue weighted by atomic mass is 9.69. The zero-order valence-corrected chi connectivity index (χ0v) is 34.8. The Bertz CT molecular complexity index is 2940. The van der Waals surface area contributed by atoms with Gasteiger partial charge in [0.2, 0.25) is 11.8 Å². The summed E-state index contributed by atoms with van der Waals surface area (Å²) in [5, 5.41) is 2.41. The van der Waals surface area contributed by atoms with Gasteiger partial charge in [0.15, 0.2) is 0 Å². The summed E-state index contributed by atoms with van der Waals surface area (Å²) < 4.78 is 12.6. The Labute approximate surface area is 345 Å². The summed E-state index contributed by atoms with van der Waals surface area (Å²) >= 11 is 0. The molecule has 6 heteroatoms. The molecule has 5 aromatic carbocycles. The molecular weight excluding hydrogens is 725 g/mol. The number of hydrogen-bond acceptors (Lipinski definition) is 6. The first-order chi connectivity index (χ1) is 28.2. The quantitative estimate of drug-likeness (QED) is 0.179. The molecule has 7 aromatic rings. The first kappa shape index (κ1) is 35.7. The fourth-order valence-electron chi connectivity index (χ4n) is 9.48. The van der Waals surface area contributed by atoms with E-state index in [4.69, 9.17) is 29.4 Å². The predicted octanol–water partition coefficient (Wildman–Crippen LogP) is 12.0. The fraction of sp³-hybridized carbons (Fsp3) is 0.245. The smallest absolute Gasteiger partial charge is 0.218 e. The van der Waals surface area contributed by atoms with Gasteiger partial charge in [-0.05, 0) is 147 Å². The van der Waals surface area contributed by atoms with Gasteiger partial charge < -0.3 is 9.47 Å². The van der Waals surface area contributed by atoms with Crippen molar-refractivity contribution in [3.63, 3.8) is 0 Å². The Morgan fingerprint density at radius 2 is 0.898 bits per heavy atom. The molecule has 0 saturated heterocycles. The van der Waals surface area contributed by atoms with E-state index >= 15 is 0 Å². The van der Waals surface area contributed by atoms with Gasteiger partial charge in [0.05, 0.1) is 39.0 Å². The van der Waals surface area contributed by atoms with Crippen molar-refractivity contribution in [1.29, 1.82) is 0 Å². The Morgan fingerprint density at radius 3 is 1.41 bits per heavy atom. The zero-order chi connectivity index (χ0) is 40.7. The van der Waals surface area contributed by atoms with Crippen molar-refractivity contribution in [2.75, 3.05) is 0 Å². The molecule has 0 atom stereocenters. The number of aromatic nitrogens is 2. The van der Waals surface area contributed by atoms with Gasteiger partial charge in [0.1, 0.15) is 11.2 Å². The molecule has 0 N–H and O–H groups in total. The number of fused-ring (bicyclic) bond motifs is 12. The Balaban J connectivity index is 1.04. The lowest BCUT2D eigenvalue weighted by Crippen LogP contribution is -2.41. The van der Waals surface area contributed by atoms with Crippen molar-refractivity contribution >= 4 is 22.6 Å². The fourth-order valence-corrected chi connectivity index (χ4v) is 9.48. The van der Waals surface area contributed by atoms with Gasteiger partial charge in [-0.2, -0.15) is 0 Å². The van der Waals surface area contributed by atoms with Gasteiger partial charge in [-0.15, -0.1) is 0 Å². The van der Waals surface area contributed by atoms with Crippen LogP contribution in [0.25, 0.3) is 55.5 Å². The van der Waals surface area contributed by atoms with Gasteiger partial charge in [-0.3, -0.25) is 9.97 Å². The molecule has 0 radical (unpaired) electrons. The molecule has 0 saturated carbocycles. The third-order valence-corrected chi connectivity index (χ3v) is 14.1. The highest BCUT2D eigenvalue weighted by Gasteiger charge is 2.53. The average molecular weight is 771 g/mol. The maximum absolute atomic E-state index is 6.32. The Morgan fingerprint density at radius 1 is 0.424 bits per heavy atom. The summed E-state index contributed by atoms with van der Waals surface area (Å²) in [6.07, 6.45) is 3.78. The minimum absolute atomic E-state index is 0.322. The summed E-state index contributed by atoms with van der Waals surface area (Å²) in [6.45, 7) is 16.8. The van der Waals surface area contributed by atoms with Gasteiger partial charge in [-0.25, -0.2) is 9.98 Å². The van der Waals surface area contributed by atoms with E-state index in [-0.39, 0.29) is 11.1 Å². The molecule has 59 heavy (non-hydrogen) atoms. The van der Waals surface area contributed by atoms with Crippen LogP contribution in [0.3, 0.4) is 0 Å². The van der Waals surface area contributed by atoms with E-state index in [2.05, 4.69) is 177 Å². The Kier molecular flexibility index (Phi) is 7.18. The monoisotopic (exact) mass is 770 g/mol. The van der Waals surface area contributed by atoms with Crippen LogP contribution < -0.4 is 0 Å². The third-order valence-electron chi connectivity index (χ3n) is 14.1. The molecule has 0 fully saturated rings. The SMILES string of the molecule is CC1(C)N=C(c2ccc(-c3ccc4c(c3)C3(c5ccccc5-c5ccccc53)c3c-4ccc4cc(-c5ccc(C6=NC(C)(C)C(C)(C)O6)cn5)ccc34)nc2)OC1(C)C. The predicted molar refractivity (Wildman–Crippen MR) is 238 cm³/mol. The minimum atomic E-state index is -0.526. The molecule has 4 aliphatic rings. The third kappa shape index (κ3) is 4.92. The minimum Gasteiger partial charge on any atom is -0.469 e. The second kappa shape index (κ2) is 11.8. The highest BCUT2D eigenvalue weighted by molar-refractivity contribution is 6.05. The molecule has 11 rings (SSSR count). The standard InChI is InChI=1S/C53H46N4O2/c1-49(2)51(5,6)58-47(56-49)34-20-25-44(54-29-34)32-18-22-36-31(27-32)17-24-40-39-23-19-33(45-26-21-35(30-55-45)48-57-50(3,4)52(7,8)59-48)28-43(39)53(46(36)40)41-15-11-9-13-37(41)38-14-10-12-16-42(38)53/h9-30H,1-8H3. The average Bonchev–Trinajstić information content (AvgIpc) is 3.85. The molecule has 0 bridgehead atoms. The lowest BCUT2D eigenvalue weighted by molar-refractivity contribution is 0.0618. The summed E-state index contributed by atoms with van der Waals surface area (Å²) in [7, 11) is 0. The molecule has 0 unspecified atom stereocenters. The van der Waals surface area contributed by atoms with Crippen LogP contribution in [0.15, 0.2) is 144 Å². The molecule has 1 spiro atoms. The van der Waals surface area contributed by atoms with E-state index in [0.29, 0.717) is 11.8 Å². The van der Waals surface area contributed by atoms with Crippen LogP contribution in [-0.2, 0) is 14.9 Å². The molecule has 6 nitrogen and oxygen atoms in total. The first-order valence-electron chi connectivity index (χ1n) is 20.6. The van der Waals surface area contributed by atoms with Crippen molar-refractivity contribution in [3.05, 3.63) is 167 Å². The van der Waals surface area contributed by atoms with Crippen LogP contribution in [0.1, 0.15) is 88.8 Å². The van der Waals surface area contributed by atoms with Gasteiger partial charge in [-0.1, -0.05) is 84.9 Å². The molecule has 4 heterocycles. The number of aliphatic imine (C=N–C) groups is 2. The molecular formula is C53H46N4O2. The van der Waals surface area contributed by atoms with Crippen molar-refractivity contribution in [2.24, 2.45) is 9.98 Å². The first-order valence-corrected chi connectivity index (χ1v) is 20.6. The zero-order valence-electron chi connectivity index (χ0n) is 34.8. The molecule has 2 aliphatic heterocycles. The van der Waals surface area contributed by atoms with Crippen LogP contribution in [0.5, 0.6) is 0 Å². The van der Waals surface area contributed by atoms with Gasteiger partial charge >= 0.3 is 0 Å². The number of rotatable bonds is 4. The van der Waals surface area contributed by atoms with E-state index in [1.807, 2.05) is 12.4 Å². The highest BCUT2D eigenvalue weighted by Crippen LogP contribution is 2.64.